The smallest absolute Gasteiger partial charge is 0.208 e. The molecule has 0 radical (unpaired) electrons. The van der Waals surface area contributed by atoms with Crippen molar-refractivity contribution in [2.24, 2.45) is 5.41 Å². The van der Waals surface area contributed by atoms with Crippen molar-refractivity contribution in [3.8, 4) is 16.9 Å². The average molecular weight is 504 g/mol. The number of nitrogens with one attached hydrogen (secondary N) is 1. The van der Waals surface area contributed by atoms with E-state index in [9.17, 15) is 21.6 Å². The predicted octanol–water partition coefficient (Wildman–Crippen LogP) is 6.00. The van der Waals surface area contributed by atoms with E-state index in [1.807, 2.05) is 37.3 Å². The van der Waals surface area contributed by atoms with Crippen LogP contribution in [0.4, 0.5) is 13.2 Å². The Hall–Kier alpha value is -2.84. The van der Waals surface area contributed by atoms with Gasteiger partial charge in [0.1, 0.15) is 18.2 Å². The van der Waals surface area contributed by atoms with Gasteiger partial charge in [-0.05, 0) is 54.4 Å². The first-order valence-corrected chi connectivity index (χ1v) is 13.3. The molecule has 0 bridgehead atoms. The van der Waals surface area contributed by atoms with Crippen LogP contribution in [0.5, 0.6) is 5.75 Å². The third kappa shape index (κ3) is 6.24. The third-order valence-electron chi connectivity index (χ3n) is 6.45. The number of ether oxygens (including phenoxy) is 1. The highest BCUT2D eigenvalue weighted by molar-refractivity contribution is 7.88. The lowest BCUT2D eigenvalue weighted by molar-refractivity contribution is 0.291. The molecule has 3 aromatic carbocycles. The van der Waals surface area contributed by atoms with Gasteiger partial charge in [0.25, 0.3) is 0 Å². The highest BCUT2D eigenvalue weighted by atomic mass is 32.2. The fourth-order valence-corrected chi connectivity index (χ4v) is 5.69. The van der Waals surface area contributed by atoms with Gasteiger partial charge in [-0.2, -0.15) is 0 Å². The summed E-state index contributed by atoms with van der Waals surface area (Å²) in [5, 5.41) is 0. The molecule has 35 heavy (non-hydrogen) atoms. The fraction of sp³-hybridized carbons (Fsp3) is 0.333. The molecule has 3 aromatic rings. The largest absolute Gasteiger partial charge is 0.485 e. The summed E-state index contributed by atoms with van der Waals surface area (Å²) in [5.41, 5.74) is 1.01. The van der Waals surface area contributed by atoms with Crippen molar-refractivity contribution in [2.75, 3.05) is 6.26 Å². The fourth-order valence-electron chi connectivity index (χ4n) is 4.88. The highest BCUT2D eigenvalue weighted by Crippen LogP contribution is 2.43. The lowest BCUT2D eigenvalue weighted by Gasteiger charge is -2.25. The predicted molar refractivity (Wildman–Crippen MR) is 130 cm³/mol. The Morgan fingerprint density at radius 1 is 0.971 bits per heavy atom. The van der Waals surface area contributed by atoms with E-state index in [2.05, 4.69) is 4.72 Å². The number of para-hydroxylation sites is 1. The van der Waals surface area contributed by atoms with Gasteiger partial charge in [0, 0.05) is 23.2 Å². The Labute approximate surface area is 204 Å². The summed E-state index contributed by atoms with van der Waals surface area (Å²) >= 11 is 0. The summed E-state index contributed by atoms with van der Waals surface area (Å²) in [6.45, 7) is 2.06. The molecule has 0 aliphatic heterocycles. The molecule has 1 saturated carbocycles. The van der Waals surface area contributed by atoms with E-state index < -0.39 is 27.5 Å². The monoisotopic (exact) mass is 503 g/mol. The van der Waals surface area contributed by atoms with Gasteiger partial charge in [-0.25, -0.2) is 26.3 Å². The summed E-state index contributed by atoms with van der Waals surface area (Å²) in [5.74, 6) is -2.23. The summed E-state index contributed by atoms with van der Waals surface area (Å²) < 4.78 is 76.1. The molecule has 8 heteroatoms. The van der Waals surface area contributed by atoms with E-state index >= 15 is 0 Å². The van der Waals surface area contributed by atoms with Crippen LogP contribution >= 0.6 is 0 Å². The molecule has 0 saturated heterocycles. The van der Waals surface area contributed by atoms with Crippen LogP contribution in [0.2, 0.25) is 0 Å². The summed E-state index contributed by atoms with van der Waals surface area (Å²) in [7, 11) is -3.34. The highest BCUT2D eigenvalue weighted by Gasteiger charge is 2.37. The Balaban J connectivity index is 1.62. The maximum Gasteiger partial charge on any atom is 0.208 e. The van der Waals surface area contributed by atoms with E-state index in [4.69, 9.17) is 4.74 Å². The van der Waals surface area contributed by atoms with Crippen molar-refractivity contribution in [3.63, 3.8) is 0 Å². The minimum atomic E-state index is -3.34. The molecule has 1 fully saturated rings. The van der Waals surface area contributed by atoms with E-state index in [1.54, 1.807) is 6.07 Å². The lowest BCUT2D eigenvalue weighted by Crippen LogP contribution is -2.33. The molecule has 0 aromatic heterocycles. The molecular weight excluding hydrogens is 475 g/mol. The van der Waals surface area contributed by atoms with Crippen molar-refractivity contribution < 1.29 is 26.3 Å². The van der Waals surface area contributed by atoms with Crippen LogP contribution in [0, 0.1) is 22.9 Å². The van der Waals surface area contributed by atoms with Gasteiger partial charge in [-0.1, -0.05) is 49.4 Å². The lowest BCUT2D eigenvalue weighted by atomic mass is 9.81. The minimum Gasteiger partial charge on any atom is -0.485 e. The minimum absolute atomic E-state index is 0.0522. The summed E-state index contributed by atoms with van der Waals surface area (Å²) in [6, 6.07) is 15.5. The zero-order valence-corrected chi connectivity index (χ0v) is 20.5. The standard InChI is InChI=1S/C27H28F3NO3S/c1-27(12-11-20(16-27)31-35(2,32)33)15-19-13-22(25(30)14-24(19)29)21-9-6-10-23(28)26(21)34-17-18-7-4-3-5-8-18/h3-10,13-14,20,31H,11-12,15-17H2,1-2H3/t20-,27+/m0/s1. The van der Waals surface area contributed by atoms with Gasteiger partial charge in [0.15, 0.2) is 11.6 Å². The van der Waals surface area contributed by atoms with Crippen LogP contribution in [0.25, 0.3) is 11.1 Å². The van der Waals surface area contributed by atoms with E-state index in [0.29, 0.717) is 31.2 Å². The van der Waals surface area contributed by atoms with E-state index in [0.717, 1.165) is 17.9 Å². The maximum atomic E-state index is 15.0. The number of hydrogen-bond donors (Lipinski definition) is 1. The van der Waals surface area contributed by atoms with Gasteiger partial charge >= 0.3 is 0 Å². The molecule has 1 aliphatic carbocycles. The van der Waals surface area contributed by atoms with Crippen molar-refractivity contribution in [1.82, 2.24) is 4.72 Å². The number of sulfonamides is 1. The Bertz CT molecular complexity index is 1310. The number of hydrogen-bond acceptors (Lipinski definition) is 3. The Morgan fingerprint density at radius 2 is 1.71 bits per heavy atom. The van der Waals surface area contributed by atoms with Gasteiger partial charge in [-0.3, -0.25) is 0 Å². The Kier molecular flexibility index (Phi) is 7.24. The quantitative estimate of drug-likeness (QED) is 0.410. The molecule has 4 nitrogen and oxygen atoms in total. The second-order valence-corrected chi connectivity index (χ2v) is 11.4. The van der Waals surface area contributed by atoms with Crippen LogP contribution in [-0.2, 0) is 23.1 Å². The second kappa shape index (κ2) is 10.0. The first-order chi connectivity index (χ1) is 16.5. The second-order valence-electron chi connectivity index (χ2n) is 9.63. The van der Waals surface area contributed by atoms with Crippen LogP contribution in [0.3, 0.4) is 0 Å². The third-order valence-corrected chi connectivity index (χ3v) is 7.21. The van der Waals surface area contributed by atoms with Crippen LogP contribution in [0.15, 0.2) is 60.7 Å². The van der Waals surface area contributed by atoms with Crippen molar-refractivity contribution in [3.05, 3.63) is 89.2 Å². The van der Waals surface area contributed by atoms with Crippen LogP contribution < -0.4 is 9.46 Å². The number of halogens is 3. The molecule has 4 rings (SSSR count). The molecular formula is C27H28F3NO3S. The molecule has 0 amide bonds. The molecule has 186 valence electrons. The molecule has 0 heterocycles. The molecule has 1 N–H and O–H groups in total. The summed E-state index contributed by atoms with van der Waals surface area (Å²) in [4.78, 5) is 0. The van der Waals surface area contributed by atoms with Crippen molar-refractivity contribution in [2.45, 2.75) is 45.3 Å². The molecule has 1 aliphatic rings. The average Bonchev–Trinajstić information content (AvgIpc) is 3.14. The zero-order chi connectivity index (χ0) is 25.2. The van der Waals surface area contributed by atoms with E-state index in [1.165, 1.54) is 18.2 Å². The normalized spacial score (nSPS) is 20.2. The van der Waals surface area contributed by atoms with Gasteiger partial charge in [0.2, 0.25) is 10.0 Å². The first kappa shape index (κ1) is 25.3. The van der Waals surface area contributed by atoms with Crippen molar-refractivity contribution in [1.29, 1.82) is 0 Å². The zero-order valence-electron chi connectivity index (χ0n) is 19.7. The molecule has 0 unspecified atom stereocenters. The topological polar surface area (TPSA) is 55.4 Å². The van der Waals surface area contributed by atoms with Gasteiger partial charge in [0.05, 0.1) is 6.26 Å². The maximum absolute atomic E-state index is 15.0. The van der Waals surface area contributed by atoms with Crippen LogP contribution in [0.1, 0.15) is 37.3 Å². The first-order valence-electron chi connectivity index (χ1n) is 11.4. The number of rotatable bonds is 8. The van der Waals surface area contributed by atoms with Gasteiger partial charge in [-0.15, -0.1) is 0 Å². The molecule has 0 spiro atoms. The summed E-state index contributed by atoms with van der Waals surface area (Å²) in [6.07, 6.45) is 3.28. The Morgan fingerprint density at radius 3 is 2.43 bits per heavy atom. The van der Waals surface area contributed by atoms with Crippen LogP contribution in [-0.4, -0.2) is 20.7 Å². The SMILES string of the molecule is C[C@]1(Cc2cc(-c3cccc(F)c3OCc3ccccc3)c(F)cc2F)CC[C@H](NS(C)(=O)=O)C1. The molecule has 2 atom stereocenters. The number of benzene rings is 3. The van der Waals surface area contributed by atoms with Gasteiger partial charge < -0.3 is 4.74 Å². The van der Waals surface area contributed by atoms with E-state index in [-0.39, 0.29) is 34.9 Å². The van der Waals surface area contributed by atoms with Crippen molar-refractivity contribution >= 4 is 10.0 Å².